The molecule has 4 rings (SSSR count). The molecule has 0 spiro atoms. The van der Waals surface area contributed by atoms with Gasteiger partial charge in [-0.2, -0.15) is 0 Å². The molecule has 1 amide bonds. The van der Waals surface area contributed by atoms with E-state index in [-0.39, 0.29) is 17.9 Å². The van der Waals surface area contributed by atoms with Gasteiger partial charge in [0.1, 0.15) is 17.1 Å². The van der Waals surface area contributed by atoms with Gasteiger partial charge in [0.25, 0.3) is 5.91 Å². The Bertz CT molecular complexity index is 1180. The first kappa shape index (κ1) is 20.6. The van der Waals surface area contributed by atoms with E-state index in [0.29, 0.717) is 17.1 Å². The average molecular weight is 484 g/mol. The van der Waals surface area contributed by atoms with Crippen molar-refractivity contribution in [3.8, 4) is 0 Å². The van der Waals surface area contributed by atoms with Crippen molar-refractivity contribution < 1.29 is 9.21 Å². The molecule has 0 bridgehead atoms. The van der Waals surface area contributed by atoms with Crippen molar-refractivity contribution in [1.82, 2.24) is 10.3 Å². The summed E-state index contributed by atoms with van der Waals surface area (Å²) in [7, 11) is 0. The fourth-order valence-electron chi connectivity index (χ4n) is 3.29. The number of rotatable bonds is 6. The molecule has 0 saturated carbocycles. The van der Waals surface area contributed by atoms with Crippen LogP contribution in [0, 0.1) is 12.8 Å². The standard InChI is InChI=1S/C23H22BrN3O2S/c1-13(2)21(20-5-4-10-30-20)27-23(28)18-12-19-16(8-9-29-19)22(26-18)25-15-6-7-17(24)14(3)11-15/h4-13,21H,1-3H3,(H,25,26)(H,27,28). The van der Waals surface area contributed by atoms with Crippen LogP contribution in [0.5, 0.6) is 0 Å². The lowest BCUT2D eigenvalue weighted by Crippen LogP contribution is -2.31. The molecule has 1 aromatic carbocycles. The van der Waals surface area contributed by atoms with E-state index in [4.69, 9.17) is 4.42 Å². The van der Waals surface area contributed by atoms with Gasteiger partial charge in [0, 0.05) is 21.1 Å². The van der Waals surface area contributed by atoms with E-state index >= 15 is 0 Å². The van der Waals surface area contributed by atoms with E-state index < -0.39 is 0 Å². The Balaban J connectivity index is 1.66. The van der Waals surface area contributed by atoms with Crippen molar-refractivity contribution in [2.24, 2.45) is 5.92 Å². The minimum atomic E-state index is -0.226. The number of fused-ring (bicyclic) bond motifs is 1. The predicted molar refractivity (Wildman–Crippen MR) is 126 cm³/mol. The van der Waals surface area contributed by atoms with E-state index in [0.717, 1.165) is 26.0 Å². The second-order valence-electron chi connectivity index (χ2n) is 7.49. The van der Waals surface area contributed by atoms with Crippen molar-refractivity contribution in [2.75, 3.05) is 5.32 Å². The summed E-state index contributed by atoms with van der Waals surface area (Å²) in [6.07, 6.45) is 1.61. The fourth-order valence-corrected chi connectivity index (χ4v) is 4.48. The lowest BCUT2D eigenvalue weighted by atomic mass is 10.0. The molecule has 0 aliphatic rings. The lowest BCUT2D eigenvalue weighted by molar-refractivity contribution is 0.0921. The van der Waals surface area contributed by atoms with E-state index in [9.17, 15) is 4.79 Å². The average Bonchev–Trinajstić information content (AvgIpc) is 3.40. The first-order valence-electron chi connectivity index (χ1n) is 9.68. The summed E-state index contributed by atoms with van der Waals surface area (Å²) in [4.78, 5) is 18.8. The van der Waals surface area contributed by atoms with Crippen molar-refractivity contribution in [3.63, 3.8) is 0 Å². The Morgan fingerprint density at radius 2 is 2.03 bits per heavy atom. The normalized spacial score (nSPS) is 12.3. The number of aromatic nitrogens is 1. The molecule has 2 N–H and O–H groups in total. The summed E-state index contributed by atoms with van der Waals surface area (Å²) in [5.41, 5.74) is 2.93. The summed E-state index contributed by atoms with van der Waals surface area (Å²) >= 11 is 5.16. The number of halogens is 1. The van der Waals surface area contributed by atoms with Crippen LogP contribution < -0.4 is 10.6 Å². The number of carbonyl (C=O) groups excluding carboxylic acids is 1. The third kappa shape index (κ3) is 4.27. The zero-order valence-corrected chi connectivity index (χ0v) is 19.3. The number of thiophene rings is 1. The first-order valence-corrected chi connectivity index (χ1v) is 11.4. The van der Waals surface area contributed by atoms with Crippen LogP contribution in [0.3, 0.4) is 0 Å². The number of carbonyl (C=O) groups is 1. The van der Waals surface area contributed by atoms with Crippen LogP contribution in [0.15, 0.2) is 63.0 Å². The molecule has 7 heteroatoms. The molecule has 4 aromatic rings. The zero-order valence-electron chi connectivity index (χ0n) is 16.9. The largest absolute Gasteiger partial charge is 0.464 e. The number of nitrogens with one attached hydrogen (secondary N) is 2. The molecule has 154 valence electrons. The van der Waals surface area contributed by atoms with Crippen LogP contribution in [0.2, 0.25) is 0 Å². The summed E-state index contributed by atoms with van der Waals surface area (Å²) in [6.45, 7) is 6.21. The van der Waals surface area contributed by atoms with Crippen LogP contribution in [-0.4, -0.2) is 10.9 Å². The number of anilines is 2. The number of hydrogen-bond acceptors (Lipinski definition) is 5. The van der Waals surface area contributed by atoms with Crippen molar-refractivity contribution in [2.45, 2.75) is 26.8 Å². The molecule has 0 fully saturated rings. The third-order valence-corrected chi connectivity index (χ3v) is 6.75. The van der Waals surface area contributed by atoms with Gasteiger partial charge in [0.05, 0.1) is 17.7 Å². The zero-order chi connectivity index (χ0) is 21.3. The second-order valence-corrected chi connectivity index (χ2v) is 9.32. The first-order chi connectivity index (χ1) is 14.4. The predicted octanol–water partition coefficient (Wildman–Crippen LogP) is 6.83. The topological polar surface area (TPSA) is 67.2 Å². The molecule has 5 nitrogen and oxygen atoms in total. The smallest absolute Gasteiger partial charge is 0.270 e. The lowest BCUT2D eigenvalue weighted by Gasteiger charge is -2.21. The molecule has 0 aliphatic heterocycles. The number of pyridine rings is 1. The maximum atomic E-state index is 13.1. The Hall–Kier alpha value is -2.64. The minimum Gasteiger partial charge on any atom is -0.464 e. The Morgan fingerprint density at radius 1 is 1.20 bits per heavy atom. The van der Waals surface area contributed by atoms with Crippen LogP contribution in [-0.2, 0) is 0 Å². The highest BCUT2D eigenvalue weighted by molar-refractivity contribution is 9.10. The quantitative estimate of drug-likeness (QED) is 0.315. The molecule has 3 heterocycles. The molecular weight excluding hydrogens is 462 g/mol. The van der Waals surface area contributed by atoms with Crippen LogP contribution in [0.25, 0.3) is 11.0 Å². The Morgan fingerprint density at radius 3 is 2.73 bits per heavy atom. The van der Waals surface area contributed by atoms with Gasteiger partial charge < -0.3 is 15.1 Å². The highest BCUT2D eigenvalue weighted by Gasteiger charge is 2.22. The van der Waals surface area contributed by atoms with Crippen molar-refractivity contribution in [3.05, 3.63) is 74.7 Å². The molecule has 30 heavy (non-hydrogen) atoms. The molecule has 1 unspecified atom stereocenters. The summed E-state index contributed by atoms with van der Waals surface area (Å²) in [5.74, 6) is 0.615. The van der Waals surface area contributed by atoms with Gasteiger partial charge in [-0.05, 0) is 54.1 Å². The van der Waals surface area contributed by atoms with Crippen LogP contribution in [0.1, 0.15) is 40.8 Å². The number of hydrogen-bond donors (Lipinski definition) is 2. The van der Waals surface area contributed by atoms with Gasteiger partial charge in [0.15, 0.2) is 0 Å². The molecule has 0 aliphatic carbocycles. The van der Waals surface area contributed by atoms with Gasteiger partial charge in [0.2, 0.25) is 0 Å². The number of amides is 1. The number of nitrogens with zero attached hydrogens (tertiary/aromatic N) is 1. The third-order valence-electron chi connectivity index (χ3n) is 4.91. The molecular formula is C23H22BrN3O2S. The van der Waals surface area contributed by atoms with E-state index in [2.05, 4.69) is 45.4 Å². The molecule has 0 saturated heterocycles. The maximum absolute atomic E-state index is 13.1. The molecule has 3 aromatic heterocycles. The van der Waals surface area contributed by atoms with E-state index in [1.165, 1.54) is 0 Å². The fraction of sp³-hybridized carbons (Fsp3) is 0.217. The van der Waals surface area contributed by atoms with Crippen LogP contribution >= 0.6 is 27.3 Å². The molecule has 1 atom stereocenters. The van der Waals surface area contributed by atoms with Gasteiger partial charge in [-0.1, -0.05) is 35.8 Å². The van der Waals surface area contributed by atoms with Crippen molar-refractivity contribution in [1.29, 1.82) is 0 Å². The van der Waals surface area contributed by atoms with E-state index in [1.807, 2.05) is 48.7 Å². The Labute approximate surface area is 187 Å². The van der Waals surface area contributed by atoms with E-state index in [1.54, 1.807) is 23.7 Å². The minimum absolute atomic E-state index is 0.0721. The number of aryl methyl sites for hydroxylation is 1. The summed E-state index contributed by atoms with van der Waals surface area (Å²) in [5, 5.41) is 9.31. The monoisotopic (exact) mass is 483 g/mol. The SMILES string of the molecule is Cc1cc(Nc2nc(C(=O)NC(c3cccs3)C(C)C)cc3occc23)ccc1Br. The summed E-state index contributed by atoms with van der Waals surface area (Å²) < 4.78 is 6.63. The summed E-state index contributed by atoms with van der Waals surface area (Å²) in [6, 6.07) is 13.5. The van der Waals surface area contributed by atoms with Crippen LogP contribution in [0.4, 0.5) is 11.5 Å². The van der Waals surface area contributed by atoms with Gasteiger partial charge >= 0.3 is 0 Å². The number of benzene rings is 1. The van der Waals surface area contributed by atoms with Gasteiger partial charge in [-0.15, -0.1) is 11.3 Å². The highest BCUT2D eigenvalue weighted by Crippen LogP contribution is 2.30. The van der Waals surface area contributed by atoms with Gasteiger partial charge in [-0.25, -0.2) is 4.98 Å². The highest BCUT2D eigenvalue weighted by atomic mass is 79.9. The Kier molecular flexibility index (Phi) is 5.92. The van der Waals surface area contributed by atoms with Crippen molar-refractivity contribution >= 4 is 55.6 Å². The maximum Gasteiger partial charge on any atom is 0.270 e. The number of furan rings is 1. The molecule has 0 radical (unpaired) electrons. The van der Waals surface area contributed by atoms with Gasteiger partial charge in [-0.3, -0.25) is 4.79 Å². The second kappa shape index (κ2) is 8.62.